The van der Waals surface area contributed by atoms with Crippen molar-refractivity contribution in [2.75, 3.05) is 6.61 Å². The van der Waals surface area contributed by atoms with Crippen molar-refractivity contribution >= 4 is 5.97 Å². The first-order valence-corrected chi connectivity index (χ1v) is 7.72. The normalized spacial score (nSPS) is 10.4. The topological polar surface area (TPSA) is 65.0 Å². The third kappa shape index (κ3) is 3.15. The highest BCUT2D eigenvalue weighted by Gasteiger charge is 2.21. The number of hydrogen-bond donors (Lipinski definition) is 0. The molecule has 0 saturated carbocycles. The van der Waals surface area contributed by atoms with Crippen molar-refractivity contribution in [3.63, 3.8) is 0 Å². The Morgan fingerprint density at radius 2 is 1.79 bits per heavy atom. The van der Waals surface area contributed by atoms with Crippen LogP contribution in [0.3, 0.4) is 0 Å². The van der Waals surface area contributed by atoms with Gasteiger partial charge in [-0.25, -0.2) is 14.8 Å². The number of aromatic nitrogens is 3. The molecule has 120 valence electrons. The van der Waals surface area contributed by atoms with Gasteiger partial charge in [-0.15, -0.1) is 0 Å². The molecule has 1 aromatic carbocycles. The van der Waals surface area contributed by atoms with Gasteiger partial charge >= 0.3 is 5.97 Å². The molecule has 0 radical (unpaired) electrons. The Balaban J connectivity index is 2.21. The van der Waals surface area contributed by atoms with E-state index in [1.54, 1.807) is 26.2 Å². The smallest absolute Gasteiger partial charge is 0.342 e. The summed E-state index contributed by atoms with van der Waals surface area (Å²) in [6.45, 7) is 3.86. The van der Waals surface area contributed by atoms with Crippen LogP contribution in [0.4, 0.5) is 0 Å². The molecule has 3 rings (SSSR count). The Bertz CT molecular complexity index is 849. The maximum absolute atomic E-state index is 12.4. The predicted octanol–water partition coefficient (Wildman–Crippen LogP) is 3.69. The second-order valence-electron chi connectivity index (χ2n) is 5.18. The molecular formula is C19H17N3O2. The standard InChI is InChI=1S/C19H17N3O2/c1-3-24-19(23)16-13(2)21-18(14-8-5-4-6-9-14)22-17(16)15-10-7-11-20-12-15/h4-12H,3H2,1-2H3. The third-order valence-corrected chi connectivity index (χ3v) is 3.54. The summed E-state index contributed by atoms with van der Waals surface area (Å²) in [5.41, 5.74) is 3.14. The summed E-state index contributed by atoms with van der Waals surface area (Å²) >= 11 is 0. The third-order valence-electron chi connectivity index (χ3n) is 3.54. The van der Waals surface area contributed by atoms with Crippen LogP contribution in [0, 0.1) is 6.92 Å². The van der Waals surface area contributed by atoms with Gasteiger partial charge < -0.3 is 4.74 Å². The molecule has 5 heteroatoms. The Morgan fingerprint density at radius 1 is 1.04 bits per heavy atom. The van der Waals surface area contributed by atoms with Gasteiger partial charge in [0.25, 0.3) is 0 Å². The van der Waals surface area contributed by atoms with E-state index in [2.05, 4.69) is 15.0 Å². The molecule has 0 bridgehead atoms. The minimum absolute atomic E-state index is 0.297. The average Bonchev–Trinajstić information content (AvgIpc) is 2.62. The van der Waals surface area contributed by atoms with Crippen LogP contribution in [-0.4, -0.2) is 27.5 Å². The monoisotopic (exact) mass is 319 g/mol. The van der Waals surface area contributed by atoms with Crippen molar-refractivity contribution in [1.29, 1.82) is 0 Å². The van der Waals surface area contributed by atoms with Crippen LogP contribution < -0.4 is 0 Å². The number of nitrogens with zero attached hydrogens (tertiary/aromatic N) is 3. The number of ether oxygens (including phenoxy) is 1. The Kier molecular flexibility index (Phi) is 4.61. The Morgan fingerprint density at radius 3 is 2.46 bits per heavy atom. The van der Waals surface area contributed by atoms with Gasteiger partial charge in [-0.1, -0.05) is 30.3 Å². The molecule has 5 nitrogen and oxygen atoms in total. The molecule has 0 unspecified atom stereocenters. The molecule has 0 atom stereocenters. The molecule has 0 fully saturated rings. The maximum atomic E-state index is 12.4. The van der Waals surface area contributed by atoms with E-state index in [0.29, 0.717) is 29.4 Å². The molecule has 0 aliphatic rings. The highest BCUT2D eigenvalue weighted by molar-refractivity contribution is 5.97. The second kappa shape index (κ2) is 7.00. The molecule has 24 heavy (non-hydrogen) atoms. The first kappa shape index (κ1) is 15.8. The maximum Gasteiger partial charge on any atom is 0.342 e. The number of pyridine rings is 1. The second-order valence-corrected chi connectivity index (χ2v) is 5.18. The summed E-state index contributed by atoms with van der Waals surface area (Å²) in [5, 5.41) is 0. The van der Waals surface area contributed by atoms with Gasteiger partial charge in [0.05, 0.1) is 18.0 Å². The van der Waals surface area contributed by atoms with Gasteiger partial charge in [-0.05, 0) is 26.0 Å². The SMILES string of the molecule is CCOC(=O)c1c(C)nc(-c2ccccc2)nc1-c1cccnc1. The van der Waals surface area contributed by atoms with Gasteiger partial charge in [0.1, 0.15) is 5.56 Å². The first-order chi connectivity index (χ1) is 11.7. The largest absolute Gasteiger partial charge is 0.462 e. The number of benzene rings is 1. The zero-order chi connectivity index (χ0) is 16.9. The number of esters is 1. The highest BCUT2D eigenvalue weighted by atomic mass is 16.5. The van der Waals surface area contributed by atoms with E-state index in [1.165, 1.54) is 0 Å². The lowest BCUT2D eigenvalue weighted by atomic mass is 10.1. The van der Waals surface area contributed by atoms with Crippen LogP contribution in [0.15, 0.2) is 54.9 Å². The number of rotatable bonds is 4. The molecule has 0 amide bonds. The highest BCUT2D eigenvalue weighted by Crippen LogP contribution is 2.27. The van der Waals surface area contributed by atoms with Gasteiger partial charge in [0, 0.05) is 23.5 Å². The van der Waals surface area contributed by atoms with E-state index >= 15 is 0 Å². The van der Waals surface area contributed by atoms with E-state index in [4.69, 9.17) is 4.74 Å². The predicted molar refractivity (Wildman–Crippen MR) is 91.4 cm³/mol. The van der Waals surface area contributed by atoms with Crippen molar-refractivity contribution in [2.45, 2.75) is 13.8 Å². The molecule has 0 N–H and O–H groups in total. The van der Waals surface area contributed by atoms with Crippen molar-refractivity contribution in [1.82, 2.24) is 15.0 Å². The average molecular weight is 319 g/mol. The lowest BCUT2D eigenvalue weighted by molar-refractivity contribution is 0.0525. The van der Waals surface area contributed by atoms with Crippen molar-refractivity contribution in [3.8, 4) is 22.6 Å². The lowest BCUT2D eigenvalue weighted by Crippen LogP contribution is -2.12. The van der Waals surface area contributed by atoms with Crippen LogP contribution in [0.5, 0.6) is 0 Å². The van der Waals surface area contributed by atoms with E-state index in [-0.39, 0.29) is 0 Å². The number of hydrogen-bond acceptors (Lipinski definition) is 5. The number of carbonyl (C=O) groups is 1. The molecule has 0 spiro atoms. The molecule has 0 saturated heterocycles. The minimum Gasteiger partial charge on any atom is -0.462 e. The van der Waals surface area contributed by atoms with Crippen LogP contribution >= 0.6 is 0 Å². The molecule has 3 aromatic rings. The van der Waals surface area contributed by atoms with Gasteiger partial charge in [0.2, 0.25) is 0 Å². The summed E-state index contributed by atoms with van der Waals surface area (Å²) in [4.78, 5) is 25.6. The molecule has 2 aromatic heterocycles. The summed E-state index contributed by atoms with van der Waals surface area (Å²) in [7, 11) is 0. The van der Waals surface area contributed by atoms with E-state index < -0.39 is 5.97 Å². The summed E-state index contributed by atoms with van der Waals surface area (Å²) in [6.07, 6.45) is 3.36. The fourth-order valence-electron chi connectivity index (χ4n) is 2.45. The molecule has 0 aliphatic heterocycles. The summed E-state index contributed by atoms with van der Waals surface area (Å²) < 4.78 is 5.18. The minimum atomic E-state index is -0.423. The van der Waals surface area contributed by atoms with E-state index in [1.807, 2.05) is 42.5 Å². The van der Waals surface area contributed by atoms with Crippen LogP contribution in [0.1, 0.15) is 23.0 Å². The van der Waals surface area contributed by atoms with Crippen LogP contribution in [-0.2, 0) is 4.74 Å². The molecule has 0 aliphatic carbocycles. The lowest BCUT2D eigenvalue weighted by Gasteiger charge is -2.12. The van der Waals surface area contributed by atoms with Crippen LogP contribution in [0.25, 0.3) is 22.6 Å². The zero-order valence-corrected chi connectivity index (χ0v) is 13.6. The van der Waals surface area contributed by atoms with E-state index in [0.717, 1.165) is 11.1 Å². The van der Waals surface area contributed by atoms with Gasteiger partial charge in [0.15, 0.2) is 5.82 Å². The van der Waals surface area contributed by atoms with Gasteiger partial charge in [-0.2, -0.15) is 0 Å². The number of aryl methyl sites for hydroxylation is 1. The quantitative estimate of drug-likeness (QED) is 0.686. The fourth-order valence-corrected chi connectivity index (χ4v) is 2.45. The van der Waals surface area contributed by atoms with Gasteiger partial charge in [-0.3, -0.25) is 4.98 Å². The number of carbonyl (C=O) groups excluding carboxylic acids is 1. The molecule has 2 heterocycles. The molecular weight excluding hydrogens is 302 g/mol. The first-order valence-electron chi connectivity index (χ1n) is 7.72. The van der Waals surface area contributed by atoms with Crippen molar-refractivity contribution < 1.29 is 9.53 Å². The Hall–Kier alpha value is -3.08. The van der Waals surface area contributed by atoms with E-state index in [9.17, 15) is 4.79 Å². The summed E-state index contributed by atoms with van der Waals surface area (Å²) in [5.74, 6) is 0.147. The Labute approximate surface area is 140 Å². The van der Waals surface area contributed by atoms with Crippen molar-refractivity contribution in [2.24, 2.45) is 0 Å². The summed E-state index contributed by atoms with van der Waals surface area (Å²) in [6, 6.07) is 13.3. The fraction of sp³-hybridized carbons (Fsp3) is 0.158. The zero-order valence-electron chi connectivity index (χ0n) is 13.6. The van der Waals surface area contributed by atoms with Crippen LogP contribution in [0.2, 0.25) is 0 Å². The van der Waals surface area contributed by atoms with Crippen molar-refractivity contribution in [3.05, 3.63) is 66.1 Å².